The molecule has 168 valence electrons. The minimum Gasteiger partial charge on any atom is -0.496 e. The van der Waals surface area contributed by atoms with Gasteiger partial charge < -0.3 is 10.1 Å². The molecule has 0 bridgehead atoms. The zero-order valence-corrected chi connectivity index (χ0v) is 20.1. The molecule has 0 radical (unpaired) electrons. The third-order valence-corrected chi connectivity index (χ3v) is 7.63. The van der Waals surface area contributed by atoms with Crippen LogP contribution < -0.4 is 10.1 Å². The van der Waals surface area contributed by atoms with Crippen LogP contribution in [0.1, 0.15) is 21.5 Å². The summed E-state index contributed by atoms with van der Waals surface area (Å²) in [6.45, 7) is 1.96. The van der Waals surface area contributed by atoms with Gasteiger partial charge in [-0.1, -0.05) is 29.8 Å². The highest BCUT2D eigenvalue weighted by Gasteiger charge is 2.22. The van der Waals surface area contributed by atoms with Gasteiger partial charge in [0.25, 0.3) is 5.91 Å². The van der Waals surface area contributed by atoms with E-state index in [9.17, 15) is 13.2 Å². The van der Waals surface area contributed by atoms with Crippen LogP contribution in [0.2, 0.25) is 0 Å². The zero-order chi connectivity index (χ0) is 23.3. The molecule has 0 heterocycles. The number of rotatable bonds is 8. The lowest BCUT2D eigenvalue weighted by Crippen LogP contribution is -2.27. The lowest BCUT2D eigenvalue weighted by atomic mass is 10.1. The molecule has 8 heteroatoms. The summed E-state index contributed by atoms with van der Waals surface area (Å²) in [5, 5.41) is 2.92. The molecule has 0 unspecified atom stereocenters. The van der Waals surface area contributed by atoms with Gasteiger partial charge in [-0.05, 0) is 55.6 Å². The van der Waals surface area contributed by atoms with Crippen LogP contribution in [0.5, 0.6) is 5.75 Å². The normalized spacial score (nSPS) is 11.4. The number of thioether (sulfide) groups is 1. The van der Waals surface area contributed by atoms with E-state index in [2.05, 4.69) is 5.32 Å². The van der Waals surface area contributed by atoms with Crippen molar-refractivity contribution < 1.29 is 17.9 Å². The smallest absolute Gasteiger partial charge is 0.255 e. The maximum atomic E-state index is 13.0. The quantitative estimate of drug-likeness (QED) is 0.479. The predicted molar refractivity (Wildman–Crippen MR) is 129 cm³/mol. The zero-order valence-electron chi connectivity index (χ0n) is 18.5. The van der Waals surface area contributed by atoms with Crippen LogP contribution in [0.15, 0.2) is 76.5 Å². The molecule has 0 saturated heterocycles. The van der Waals surface area contributed by atoms with Crippen LogP contribution in [0.3, 0.4) is 0 Å². The first-order valence-electron chi connectivity index (χ1n) is 9.90. The average Bonchev–Trinajstić information content (AvgIpc) is 2.79. The van der Waals surface area contributed by atoms with Gasteiger partial charge in [0.15, 0.2) is 0 Å². The Balaban J connectivity index is 1.86. The second-order valence-corrected chi connectivity index (χ2v) is 10.1. The number of benzene rings is 3. The van der Waals surface area contributed by atoms with Crippen molar-refractivity contribution >= 4 is 33.4 Å². The Morgan fingerprint density at radius 2 is 1.75 bits per heavy atom. The van der Waals surface area contributed by atoms with Gasteiger partial charge in [0.2, 0.25) is 10.0 Å². The van der Waals surface area contributed by atoms with E-state index in [1.54, 1.807) is 54.2 Å². The summed E-state index contributed by atoms with van der Waals surface area (Å²) >= 11 is 1.54. The third kappa shape index (κ3) is 5.32. The fourth-order valence-electron chi connectivity index (χ4n) is 3.20. The highest BCUT2D eigenvalue weighted by molar-refractivity contribution is 7.98. The molecule has 0 atom stereocenters. The number of ether oxygens (including phenoxy) is 1. The van der Waals surface area contributed by atoms with Crippen LogP contribution >= 0.6 is 11.8 Å². The largest absolute Gasteiger partial charge is 0.496 e. The Morgan fingerprint density at radius 1 is 1.06 bits per heavy atom. The lowest BCUT2D eigenvalue weighted by Gasteiger charge is -2.19. The summed E-state index contributed by atoms with van der Waals surface area (Å²) in [5.41, 5.74) is 2.71. The summed E-state index contributed by atoms with van der Waals surface area (Å²) in [5.74, 6) is 0.233. The molecule has 6 nitrogen and oxygen atoms in total. The molecule has 0 aliphatic carbocycles. The third-order valence-electron chi connectivity index (χ3n) is 5.02. The minimum atomic E-state index is -3.70. The number of sulfonamides is 1. The Hall–Kier alpha value is -2.81. The Labute approximate surface area is 193 Å². The summed E-state index contributed by atoms with van der Waals surface area (Å²) in [6, 6.07) is 19.3. The number of para-hydroxylation sites is 1. The van der Waals surface area contributed by atoms with Crippen LogP contribution in [0, 0.1) is 6.92 Å². The van der Waals surface area contributed by atoms with E-state index in [4.69, 9.17) is 4.74 Å². The lowest BCUT2D eigenvalue weighted by molar-refractivity contribution is 0.102. The Bertz CT molecular complexity index is 1210. The van der Waals surface area contributed by atoms with Gasteiger partial charge in [-0.2, -0.15) is 4.31 Å². The molecule has 3 aromatic rings. The maximum Gasteiger partial charge on any atom is 0.255 e. The second-order valence-electron chi connectivity index (χ2n) is 7.26. The predicted octanol–water partition coefficient (Wildman–Crippen LogP) is 4.80. The van der Waals surface area contributed by atoms with Crippen molar-refractivity contribution in [3.05, 3.63) is 83.4 Å². The summed E-state index contributed by atoms with van der Waals surface area (Å²) in [6.07, 6.45) is 1.95. The van der Waals surface area contributed by atoms with Crippen molar-refractivity contribution in [2.24, 2.45) is 0 Å². The summed E-state index contributed by atoms with van der Waals surface area (Å²) in [7, 11) is -0.669. The van der Waals surface area contributed by atoms with E-state index in [0.29, 0.717) is 16.9 Å². The monoisotopic (exact) mass is 470 g/mol. The molecular formula is C24H26N2O4S2. The SMILES string of the molecule is COc1ccc(C(=O)Nc2ccccc2SC)cc1CN(C)S(=O)(=O)c1ccc(C)cc1. The molecule has 0 aromatic heterocycles. The number of nitrogens with one attached hydrogen (secondary N) is 1. The highest BCUT2D eigenvalue weighted by Crippen LogP contribution is 2.27. The van der Waals surface area contributed by atoms with E-state index >= 15 is 0 Å². The van der Waals surface area contributed by atoms with Gasteiger partial charge in [0, 0.05) is 29.6 Å². The number of methoxy groups -OCH3 is 1. The van der Waals surface area contributed by atoms with Gasteiger partial charge >= 0.3 is 0 Å². The number of hydrogen-bond donors (Lipinski definition) is 1. The molecule has 32 heavy (non-hydrogen) atoms. The van der Waals surface area contributed by atoms with Crippen LogP contribution in [0.4, 0.5) is 5.69 Å². The number of amides is 1. The average molecular weight is 471 g/mol. The topological polar surface area (TPSA) is 75.7 Å². The van der Waals surface area contributed by atoms with E-state index < -0.39 is 10.0 Å². The van der Waals surface area contributed by atoms with Crippen molar-refractivity contribution in [3.8, 4) is 5.75 Å². The Morgan fingerprint density at radius 3 is 2.41 bits per heavy atom. The summed E-state index contributed by atoms with van der Waals surface area (Å²) in [4.78, 5) is 14.0. The van der Waals surface area contributed by atoms with Crippen LogP contribution in [-0.4, -0.2) is 39.0 Å². The molecule has 1 N–H and O–H groups in total. The number of nitrogens with zero attached hydrogens (tertiary/aromatic N) is 1. The van der Waals surface area contributed by atoms with Crippen LogP contribution in [0.25, 0.3) is 0 Å². The molecule has 0 aliphatic heterocycles. The molecule has 0 aliphatic rings. The standard InChI is InChI=1S/C24H26N2O4S2/c1-17-9-12-20(13-10-17)32(28,29)26(2)16-19-15-18(11-14-22(19)30-3)24(27)25-21-7-5-6-8-23(21)31-4/h5-15H,16H2,1-4H3,(H,25,27). The van der Waals surface area contributed by atoms with Crippen molar-refractivity contribution in [2.45, 2.75) is 23.3 Å². The molecule has 3 rings (SSSR count). The number of anilines is 1. The summed E-state index contributed by atoms with van der Waals surface area (Å²) < 4.78 is 32.6. The van der Waals surface area contributed by atoms with Crippen LogP contribution in [-0.2, 0) is 16.6 Å². The first kappa shape index (κ1) is 23.8. The maximum absolute atomic E-state index is 13.0. The highest BCUT2D eigenvalue weighted by atomic mass is 32.2. The van der Waals surface area contributed by atoms with Crippen molar-refractivity contribution in [2.75, 3.05) is 25.7 Å². The van der Waals surface area contributed by atoms with E-state index in [0.717, 1.165) is 16.1 Å². The molecule has 0 saturated carbocycles. The Kier molecular flexibility index (Phi) is 7.60. The van der Waals surface area contributed by atoms with Crippen molar-refractivity contribution in [1.29, 1.82) is 0 Å². The molecule has 0 fully saturated rings. The van der Waals surface area contributed by atoms with E-state index in [1.807, 2.05) is 37.4 Å². The van der Waals surface area contributed by atoms with Gasteiger partial charge in [0.1, 0.15) is 5.75 Å². The number of aryl methyl sites for hydroxylation is 1. The fourth-order valence-corrected chi connectivity index (χ4v) is 4.90. The minimum absolute atomic E-state index is 0.0574. The van der Waals surface area contributed by atoms with Gasteiger partial charge in [0.05, 0.1) is 17.7 Å². The van der Waals surface area contributed by atoms with E-state index in [-0.39, 0.29) is 17.3 Å². The molecule has 1 amide bonds. The van der Waals surface area contributed by atoms with E-state index in [1.165, 1.54) is 18.5 Å². The van der Waals surface area contributed by atoms with Gasteiger partial charge in [-0.3, -0.25) is 4.79 Å². The first-order valence-corrected chi connectivity index (χ1v) is 12.6. The number of carbonyl (C=O) groups excluding carboxylic acids is 1. The molecule has 3 aromatic carbocycles. The van der Waals surface area contributed by atoms with Crippen molar-refractivity contribution in [1.82, 2.24) is 4.31 Å². The second kappa shape index (κ2) is 10.2. The van der Waals surface area contributed by atoms with Gasteiger partial charge in [-0.25, -0.2) is 8.42 Å². The molecular weight excluding hydrogens is 444 g/mol. The first-order chi connectivity index (χ1) is 15.3. The van der Waals surface area contributed by atoms with Gasteiger partial charge in [-0.15, -0.1) is 11.8 Å². The fraction of sp³-hybridized carbons (Fsp3) is 0.208. The number of hydrogen-bond acceptors (Lipinski definition) is 5. The van der Waals surface area contributed by atoms with Crippen molar-refractivity contribution in [3.63, 3.8) is 0 Å². The molecule has 0 spiro atoms. The number of carbonyl (C=O) groups is 1.